The molecule has 1 aromatic rings. The van der Waals surface area contributed by atoms with Crippen molar-refractivity contribution in [3.63, 3.8) is 0 Å². The zero-order chi connectivity index (χ0) is 20.2. The van der Waals surface area contributed by atoms with Gasteiger partial charge in [0.2, 0.25) is 5.91 Å². The molecule has 2 unspecified atom stereocenters. The standard InChI is InChI=1S/C21H30N2O4/c1-13-7-6-8-14(2)19(13)23-17(24)12-22-20(26)15(3)27-18(25)10-9-16-11-21(16,4)5/h6-8,15-16H,9-12H2,1-5H3,(H,22,26)(H,23,24). The highest BCUT2D eigenvalue weighted by Gasteiger charge is 2.45. The molecule has 6 heteroatoms. The molecule has 0 saturated heterocycles. The lowest BCUT2D eigenvalue weighted by Gasteiger charge is -2.15. The Hall–Kier alpha value is -2.37. The minimum absolute atomic E-state index is 0.176. The second-order valence-corrected chi connectivity index (χ2v) is 8.09. The second kappa shape index (κ2) is 8.55. The van der Waals surface area contributed by atoms with Crippen LogP contribution in [0, 0.1) is 25.2 Å². The third-order valence-corrected chi connectivity index (χ3v) is 5.26. The van der Waals surface area contributed by atoms with Crippen LogP contribution >= 0.6 is 0 Å². The summed E-state index contributed by atoms with van der Waals surface area (Å²) in [5, 5.41) is 5.31. The third kappa shape index (κ3) is 6.08. The first-order valence-corrected chi connectivity index (χ1v) is 9.43. The van der Waals surface area contributed by atoms with Gasteiger partial charge in [0.05, 0.1) is 6.54 Å². The topological polar surface area (TPSA) is 84.5 Å². The maximum Gasteiger partial charge on any atom is 0.306 e. The Morgan fingerprint density at radius 3 is 2.37 bits per heavy atom. The number of hydrogen-bond acceptors (Lipinski definition) is 4. The van der Waals surface area contributed by atoms with E-state index in [1.165, 1.54) is 6.92 Å². The number of ether oxygens (including phenoxy) is 1. The molecule has 0 radical (unpaired) electrons. The van der Waals surface area contributed by atoms with Gasteiger partial charge in [-0.3, -0.25) is 14.4 Å². The van der Waals surface area contributed by atoms with E-state index in [2.05, 4.69) is 24.5 Å². The van der Waals surface area contributed by atoms with Crippen LogP contribution in [0.2, 0.25) is 0 Å². The number of anilines is 1. The molecule has 0 spiro atoms. The fourth-order valence-corrected chi connectivity index (χ4v) is 3.18. The van der Waals surface area contributed by atoms with Crippen molar-refractivity contribution in [1.82, 2.24) is 5.32 Å². The van der Waals surface area contributed by atoms with Crippen LogP contribution in [0.3, 0.4) is 0 Å². The minimum Gasteiger partial charge on any atom is -0.453 e. The number of carbonyl (C=O) groups excluding carboxylic acids is 3. The van der Waals surface area contributed by atoms with Gasteiger partial charge < -0.3 is 15.4 Å². The van der Waals surface area contributed by atoms with Gasteiger partial charge in [0.15, 0.2) is 6.10 Å². The molecule has 27 heavy (non-hydrogen) atoms. The Labute approximate surface area is 161 Å². The summed E-state index contributed by atoms with van der Waals surface area (Å²) in [7, 11) is 0. The number of aryl methyl sites for hydroxylation is 2. The van der Waals surface area contributed by atoms with E-state index in [4.69, 9.17) is 4.74 Å². The van der Waals surface area contributed by atoms with E-state index >= 15 is 0 Å². The molecular weight excluding hydrogens is 344 g/mol. The fourth-order valence-electron chi connectivity index (χ4n) is 3.18. The molecule has 6 nitrogen and oxygen atoms in total. The second-order valence-electron chi connectivity index (χ2n) is 8.09. The molecule has 1 saturated carbocycles. The van der Waals surface area contributed by atoms with Crippen molar-refractivity contribution in [2.75, 3.05) is 11.9 Å². The van der Waals surface area contributed by atoms with E-state index < -0.39 is 12.0 Å². The van der Waals surface area contributed by atoms with Gasteiger partial charge in [0, 0.05) is 12.1 Å². The van der Waals surface area contributed by atoms with Crippen LogP contribution in [0.5, 0.6) is 0 Å². The van der Waals surface area contributed by atoms with Gasteiger partial charge in [-0.25, -0.2) is 0 Å². The van der Waals surface area contributed by atoms with Crippen LogP contribution in [0.4, 0.5) is 5.69 Å². The van der Waals surface area contributed by atoms with Crippen molar-refractivity contribution in [1.29, 1.82) is 0 Å². The van der Waals surface area contributed by atoms with Crippen molar-refractivity contribution in [3.05, 3.63) is 29.3 Å². The molecule has 1 fully saturated rings. The van der Waals surface area contributed by atoms with Gasteiger partial charge in [-0.05, 0) is 56.1 Å². The van der Waals surface area contributed by atoms with Crippen LogP contribution in [0.1, 0.15) is 51.2 Å². The Kier molecular flexibility index (Phi) is 6.63. The molecule has 2 amide bonds. The number of hydrogen-bond donors (Lipinski definition) is 2. The highest BCUT2D eigenvalue weighted by Crippen LogP contribution is 2.54. The van der Waals surface area contributed by atoms with E-state index in [1.807, 2.05) is 32.0 Å². The third-order valence-electron chi connectivity index (χ3n) is 5.26. The largest absolute Gasteiger partial charge is 0.453 e. The highest BCUT2D eigenvalue weighted by atomic mass is 16.5. The molecule has 1 aromatic carbocycles. The van der Waals surface area contributed by atoms with Gasteiger partial charge >= 0.3 is 5.97 Å². The van der Waals surface area contributed by atoms with Crippen LogP contribution in [-0.2, 0) is 19.1 Å². The summed E-state index contributed by atoms with van der Waals surface area (Å²) in [4.78, 5) is 36.0. The van der Waals surface area contributed by atoms with E-state index in [-0.39, 0.29) is 18.4 Å². The molecule has 0 heterocycles. The van der Waals surface area contributed by atoms with E-state index in [0.29, 0.717) is 17.8 Å². The van der Waals surface area contributed by atoms with Gasteiger partial charge in [-0.2, -0.15) is 0 Å². The molecule has 2 atom stereocenters. The van der Waals surface area contributed by atoms with Gasteiger partial charge in [-0.1, -0.05) is 32.0 Å². The number of nitrogens with one attached hydrogen (secondary N) is 2. The van der Waals surface area contributed by atoms with Crippen molar-refractivity contribution < 1.29 is 19.1 Å². The zero-order valence-electron chi connectivity index (χ0n) is 16.8. The minimum atomic E-state index is -0.919. The first-order chi connectivity index (χ1) is 12.6. The normalized spacial score (nSPS) is 18.3. The van der Waals surface area contributed by atoms with Crippen molar-refractivity contribution in [3.8, 4) is 0 Å². The summed E-state index contributed by atoms with van der Waals surface area (Å²) in [5.41, 5.74) is 2.98. The van der Waals surface area contributed by atoms with Crippen LogP contribution in [0.25, 0.3) is 0 Å². The lowest BCUT2D eigenvalue weighted by Crippen LogP contribution is -2.40. The number of para-hydroxylation sites is 1. The SMILES string of the molecule is Cc1cccc(C)c1NC(=O)CNC(=O)C(C)OC(=O)CCC1CC1(C)C. The van der Waals surface area contributed by atoms with Crippen molar-refractivity contribution in [2.24, 2.45) is 11.3 Å². The lowest BCUT2D eigenvalue weighted by atomic mass is 10.1. The van der Waals surface area contributed by atoms with Crippen LogP contribution in [-0.4, -0.2) is 30.4 Å². The molecular formula is C21H30N2O4. The number of carbonyl (C=O) groups is 3. The van der Waals surface area contributed by atoms with E-state index in [0.717, 1.165) is 29.7 Å². The van der Waals surface area contributed by atoms with E-state index in [9.17, 15) is 14.4 Å². The summed E-state index contributed by atoms with van der Waals surface area (Å²) >= 11 is 0. The number of amides is 2. The average Bonchev–Trinajstić information content (AvgIpc) is 3.21. The average molecular weight is 374 g/mol. The summed E-state index contributed by atoms with van der Waals surface area (Å²) < 4.78 is 5.16. The predicted molar refractivity (Wildman–Crippen MR) is 104 cm³/mol. The first kappa shape index (κ1) is 20.9. The Bertz CT molecular complexity index is 707. The monoisotopic (exact) mass is 374 g/mol. The smallest absolute Gasteiger partial charge is 0.306 e. The number of benzene rings is 1. The fraction of sp³-hybridized carbons (Fsp3) is 0.571. The van der Waals surface area contributed by atoms with Crippen molar-refractivity contribution in [2.45, 2.75) is 60.0 Å². The molecule has 2 rings (SSSR count). The molecule has 2 N–H and O–H groups in total. The predicted octanol–water partition coefficient (Wildman–Crippen LogP) is 3.12. The zero-order valence-corrected chi connectivity index (χ0v) is 16.8. The lowest BCUT2D eigenvalue weighted by molar-refractivity contribution is -0.155. The molecule has 0 bridgehead atoms. The molecule has 1 aliphatic carbocycles. The Balaban J connectivity index is 1.71. The van der Waals surface area contributed by atoms with Gasteiger partial charge in [0.1, 0.15) is 0 Å². The van der Waals surface area contributed by atoms with Gasteiger partial charge in [0.25, 0.3) is 5.91 Å². The highest BCUT2D eigenvalue weighted by molar-refractivity contribution is 5.96. The number of rotatable bonds is 8. The quantitative estimate of drug-likeness (QED) is 0.685. The summed E-state index contributed by atoms with van der Waals surface area (Å²) in [6.07, 6.45) is 1.32. The maximum atomic E-state index is 12.1. The summed E-state index contributed by atoms with van der Waals surface area (Å²) in [5.74, 6) is -0.620. The van der Waals surface area contributed by atoms with E-state index in [1.54, 1.807) is 0 Å². The first-order valence-electron chi connectivity index (χ1n) is 9.43. The molecule has 0 aromatic heterocycles. The molecule has 0 aliphatic heterocycles. The Morgan fingerprint density at radius 2 is 1.81 bits per heavy atom. The number of esters is 1. The van der Waals surface area contributed by atoms with Gasteiger partial charge in [-0.15, -0.1) is 0 Å². The van der Waals surface area contributed by atoms with Crippen molar-refractivity contribution >= 4 is 23.5 Å². The maximum absolute atomic E-state index is 12.1. The summed E-state index contributed by atoms with van der Waals surface area (Å²) in [6, 6.07) is 5.74. The van der Waals surface area contributed by atoms with Crippen LogP contribution < -0.4 is 10.6 Å². The molecule has 1 aliphatic rings. The van der Waals surface area contributed by atoms with Crippen LogP contribution in [0.15, 0.2) is 18.2 Å². The summed E-state index contributed by atoms with van der Waals surface area (Å²) in [6.45, 7) is 9.52. The Morgan fingerprint density at radius 1 is 1.22 bits per heavy atom. The molecule has 148 valence electrons.